The monoisotopic (exact) mass is 223 g/mol. The van der Waals surface area contributed by atoms with Crippen molar-refractivity contribution < 1.29 is 9.47 Å². The lowest BCUT2D eigenvalue weighted by atomic mass is 9.89. The van der Waals surface area contributed by atoms with Crippen LogP contribution < -0.4 is 5.73 Å². The maximum atomic E-state index is 6.15. The van der Waals surface area contributed by atoms with Crippen LogP contribution in [-0.2, 0) is 15.0 Å². The lowest BCUT2D eigenvalue weighted by molar-refractivity contribution is 0.0264. The summed E-state index contributed by atoms with van der Waals surface area (Å²) in [5, 5.41) is 0. The summed E-state index contributed by atoms with van der Waals surface area (Å²) in [7, 11) is 3.35. The predicted molar refractivity (Wildman–Crippen MR) is 65.3 cm³/mol. The molecule has 1 unspecified atom stereocenters. The van der Waals surface area contributed by atoms with E-state index in [2.05, 4.69) is 0 Å². The Morgan fingerprint density at radius 1 is 1.25 bits per heavy atom. The number of ether oxygens (including phenoxy) is 2. The highest BCUT2D eigenvalue weighted by Crippen LogP contribution is 2.28. The topological polar surface area (TPSA) is 44.5 Å². The molecule has 2 N–H and O–H groups in total. The zero-order valence-electron chi connectivity index (χ0n) is 10.5. The van der Waals surface area contributed by atoms with E-state index in [9.17, 15) is 0 Å². The second kappa shape index (κ2) is 5.43. The minimum Gasteiger partial charge on any atom is -0.382 e. The second-order valence-corrected chi connectivity index (χ2v) is 4.49. The molecule has 0 amide bonds. The molecule has 3 heteroatoms. The fraction of sp³-hybridized carbons (Fsp3) is 0.538. The third kappa shape index (κ3) is 3.04. The molecule has 0 spiro atoms. The molecule has 1 atom stereocenters. The number of rotatable bonds is 5. The Balaban J connectivity index is 3.11. The van der Waals surface area contributed by atoms with Crippen LogP contribution in [0.1, 0.15) is 31.1 Å². The summed E-state index contributed by atoms with van der Waals surface area (Å²) < 4.78 is 10.6. The lowest BCUT2D eigenvalue weighted by Gasteiger charge is -2.26. The van der Waals surface area contributed by atoms with Crippen LogP contribution in [0.25, 0.3) is 0 Å². The van der Waals surface area contributed by atoms with Crippen LogP contribution in [0.5, 0.6) is 0 Å². The summed E-state index contributed by atoms with van der Waals surface area (Å²) >= 11 is 0. The molecule has 16 heavy (non-hydrogen) atoms. The number of nitrogens with two attached hydrogens (primary N) is 1. The fourth-order valence-corrected chi connectivity index (χ4v) is 1.80. The van der Waals surface area contributed by atoms with Crippen molar-refractivity contribution in [2.45, 2.75) is 25.5 Å². The maximum Gasteiger partial charge on any atom is 0.106 e. The third-order valence-electron chi connectivity index (χ3n) is 2.60. The Morgan fingerprint density at radius 2 is 1.88 bits per heavy atom. The van der Waals surface area contributed by atoms with Crippen LogP contribution in [0, 0.1) is 0 Å². The van der Waals surface area contributed by atoms with Gasteiger partial charge in [0.15, 0.2) is 0 Å². The van der Waals surface area contributed by atoms with Crippen molar-refractivity contribution in [2.24, 2.45) is 5.73 Å². The van der Waals surface area contributed by atoms with Crippen molar-refractivity contribution in [3.8, 4) is 0 Å². The molecular formula is C13H21NO2. The third-order valence-corrected chi connectivity index (χ3v) is 2.60. The highest BCUT2D eigenvalue weighted by atomic mass is 16.5. The van der Waals surface area contributed by atoms with Gasteiger partial charge in [-0.1, -0.05) is 24.3 Å². The Kier molecular flexibility index (Phi) is 4.47. The minimum atomic E-state index is -0.374. The van der Waals surface area contributed by atoms with E-state index in [-0.39, 0.29) is 11.6 Å². The summed E-state index contributed by atoms with van der Waals surface area (Å²) in [6.07, 6.45) is -0.0657. The Labute approximate surface area is 97.6 Å². The molecule has 0 saturated carbocycles. The summed E-state index contributed by atoms with van der Waals surface area (Å²) in [5.41, 5.74) is 7.97. The van der Waals surface area contributed by atoms with Gasteiger partial charge >= 0.3 is 0 Å². The largest absolute Gasteiger partial charge is 0.382 e. The van der Waals surface area contributed by atoms with Gasteiger partial charge in [0.25, 0.3) is 0 Å². The molecule has 0 heterocycles. The first kappa shape index (κ1) is 13.2. The van der Waals surface area contributed by atoms with E-state index in [0.717, 1.165) is 11.1 Å². The average Bonchev–Trinajstić information content (AvgIpc) is 2.25. The van der Waals surface area contributed by atoms with Crippen molar-refractivity contribution in [3.05, 3.63) is 35.4 Å². The van der Waals surface area contributed by atoms with E-state index >= 15 is 0 Å². The molecule has 0 fully saturated rings. The minimum absolute atomic E-state index is 0.0657. The number of methoxy groups -OCH3 is 2. The second-order valence-electron chi connectivity index (χ2n) is 4.49. The smallest absolute Gasteiger partial charge is 0.106 e. The molecule has 90 valence electrons. The van der Waals surface area contributed by atoms with Gasteiger partial charge in [0.1, 0.15) is 6.10 Å². The quantitative estimate of drug-likeness (QED) is 0.832. The van der Waals surface area contributed by atoms with Gasteiger partial charge in [0.2, 0.25) is 0 Å². The van der Waals surface area contributed by atoms with E-state index in [1.807, 2.05) is 38.1 Å². The first-order chi connectivity index (χ1) is 7.50. The molecule has 0 radical (unpaired) electrons. The van der Waals surface area contributed by atoms with E-state index < -0.39 is 0 Å². The standard InChI is InChI=1S/C13H21NO2/c1-13(2,14)11-8-6-5-7-10(11)12(16-4)9-15-3/h5-8,12H,9,14H2,1-4H3. The van der Waals surface area contributed by atoms with Gasteiger partial charge in [0.05, 0.1) is 6.61 Å². The summed E-state index contributed by atoms with van der Waals surface area (Å²) in [5.74, 6) is 0. The predicted octanol–water partition coefficient (Wildman–Crippen LogP) is 2.21. The van der Waals surface area contributed by atoms with Gasteiger partial charge in [-0.15, -0.1) is 0 Å². The zero-order valence-corrected chi connectivity index (χ0v) is 10.5. The van der Waals surface area contributed by atoms with Crippen molar-refractivity contribution in [1.82, 2.24) is 0 Å². The molecular weight excluding hydrogens is 202 g/mol. The van der Waals surface area contributed by atoms with Crippen LogP contribution >= 0.6 is 0 Å². The van der Waals surface area contributed by atoms with Crippen molar-refractivity contribution in [2.75, 3.05) is 20.8 Å². The normalized spacial score (nSPS) is 13.8. The zero-order chi connectivity index (χ0) is 12.2. The average molecular weight is 223 g/mol. The van der Waals surface area contributed by atoms with Gasteiger partial charge in [-0.05, 0) is 25.0 Å². The number of hydrogen-bond donors (Lipinski definition) is 1. The molecule has 0 bridgehead atoms. The molecule has 0 saturated heterocycles. The summed E-state index contributed by atoms with van der Waals surface area (Å²) in [6.45, 7) is 4.51. The Bertz CT molecular complexity index is 331. The fourth-order valence-electron chi connectivity index (χ4n) is 1.80. The molecule has 1 aromatic carbocycles. The van der Waals surface area contributed by atoms with Crippen molar-refractivity contribution >= 4 is 0 Å². The maximum absolute atomic E-state index is 6.15. The van der Waals surface area contributed by atoms with E-state index in [0.29, 0.717) is 6.61 Å². The van der Waals surface area contributed by atoms with Crippen molar-refractivity contribution in [1.29, 1.82) is 0 Å². The molecule has 1 rings (SSSR count). The highest BCUT2D eigenvalue weighted by molar-refractivity contribution is 5.34. The molecule has 1 aromatic rings. The Hall–Kier alpha value is -0.900. The van der Waals surface area contributed by atoms with E-state index in [1.165, 1.54) is 0 Å². The van der Waals surface area contributed by atoms with Gasteiger partial charge in [-0.2, -0.15) is 0 Å². The lowest BCUT2D eigenvalue weighted by Crippen LogP contribution is -2.31. The SMILES string of the molecule is COCC(OC)c1ccccc1C(C)(C)N. The van der Waals surface area contributed by atoms with Gasteiger partial charge in [-0.3, -0.25) is 0 Å². The first-order valence-corrected chi connectivity index (χ1v) is 5.40. The van der Waals surface area contributed by atoms with Gasteiger partial charge < -0.3 is 15.2 Å². The van der Waals surface area contributed by atoms with Crippen LogP contribution in [-0.4, -0.2) is 20.8 Å². The van der Waals surface area contributed by atoms with Gasteiger partial charge in [-0.25, -0.2) is 0 Å². The molecule has 0 aliphatic heterocycles. The molecule has 0 aromatic heterocycles. The van der Waals surface area contributed by atoms with Crippen molar-refractivity contribution in [3.63, 3.8) is 0 Å². The number of hydrogen-bond acceptors (Lipinski definition) is 3. The molecule has 0 aliphatic rings. The van der Waals surface area contributed by atoms with Crippen LogP contribution in [0.15, 0.2) is 24.3 Å². The molecule has 3 nitrogen and oxygen atoms in total. The van der Waals surface area contributed by atoms with E-state index in [1.54, 1.807) is 14.2 Å². The number of benzene rings is 1. The Morgan fingerprint density at radius 3 is 2.38 bits per heavy atom. The van der Waals surface area contributed by atoms with Crippen LogP contribution in [0.3, 0.4) is 0 Å². The summed E-state index contributed by atoms with van der Waals surface area (Å²) in [4.78, 5) is 0. The highest BCUT2D eigenvalue weighted by Gasteiger charge is 2.22. The van der Waals surface area contributed by atoms with Crippen LogP contribution in [0.4, 0.5) is 0 Å². The van der Waals surface area contributed by atoms with Crippen LogP contribution in [0.2, 0.25) is 0 Å². The molecule has 0 aliphatic carbocycles. The van der Waals surface area contributed by atoms with Gasteiger partial charge in [0, 0.05) is 19.8 Å². The summed E-state index contributed by atoms with van der Waals surface area (Å²) in [6, 6.07) is 8.06. The van der Waals surface area contributed by atoms with E-state index in [4.69, 9.17) is 15.2 Å². The first-order valence-electron chi connectivity index (χ1n) is 5.40.